The molecular formula is C22H17BN2OS. The van der Waals surface area contributed by atoms with Gasteiger partial charge in [-0.05, 0) is 23.4 Å². The molecule has 27 heavy (non-hydrogen) atoms. The van der Waals surface area contributed by atoms with E-state index in [2.05, 4.69) is 0 Å². The summed E-state index contributed by atoms with van der Waals surface area (Å²) >= 11 is 1.47. The van der Waals surface area contributed by atoms with E-state index >= 15 is 0 Å². The van der Waals surface area contributed by atoms with Crippen LogP contribution in [0.15, 0.2) is 88.8 Å². The van der Waals surface area contributed by atoms with Crippen molar-refractivity contribution in [3.05, 3.63) is 100 Å². The smallest absolute Gasteiger partial charge is 0.262 e. The van der Waals surface area contributed by atoms with E-state index in [1.165, 1.54) is 11.8 Å². The van der Waals surface area contributed by atoms with Crippen molar-refractivity contribution in [3.8, 4) is 0 Å². The molecule has 0 bridgehead atoms. The van der Waals surface area contributed by atoms with Crippen molar-refractivity contribution in [1.82, 2.24) is 9.55 Å². The summed E-state index contributed by atoms with van der Waals surface area (Å²) in [5.74, 6) is 0. The minimum Gasteiger partial charge on any atom is -0.275 e. The Bertz CT molecular complexity index is 1100. The SMILES string of the molecule is [B]c1ccc2nc(SC)n(C(c3ccccc3)c3ccccc3)c(=O)c2c1. The minimum atomic E-state index is -0.263. The normalized spacial score (nSPS) is 11.2. The third kappa shape index (κ3) is 3.31. The average Bonchev–Trinajstić information content (AvgIpc) is 2.72. The number of benzene rings is 3. The van der Waals surface area contributed by atoms with E-state index in [1.54, 1.807) is 22.8 Å². The first kappa shape index (κ1) is 17.6. The Balaban J connectivity index is 2.07. The molecule has 0 fully saturated rings. The van der Waals surface area contributed by atoms with Gasteiger partial charge in [-0.25, -0.2) is 4.98 Å². The lowest BCUT2D eigenvalue weighted by Crippen LogP contribution is -2.29. The summed E-state index contributed by atoms with van der Waals surface area (Å²) < 4.78 is 1.77. The van der Waals surface area contributed by atoms with Gasteiger partial charge in [0.15, 0.2) is 5.16 Å². The zero-order chi connectivity index (χ0) is 18.8. The van der Waals surface area contributed by atoms with Crippen LogP contribution < -0.4 is 11.0 Å². The number of aromatic nitrogens is 2. The van der Waals surface area contributed by atoms with E-state index in [4.69, 9.17) is 12.8 Å². The Morgan fingerprint density at radius 1 is 0.926 bits per heavy atom. The molecule has 0 aliphatic heterocycles. The monoisotopic (exact) mass is 368 g/mol. The molecule has 0 unspecified atom stereocenters. The number of hydrogen-bond acceptors (Lipinski definition) is 3. The molecule has 0 saturated heterocycles. The molecule has 0 N–H and O–H groups in total. The van der Waals surface area contributed by atoms with Crippen molar-refractivity contribution in [2.45, 2.75) is 11.2 Å². The van der Waals surface area contributed by atoms with Gasteiger partial charge in [0, 0.05) is 0 Å². The number of rotatable bonds is 4. The zero-order valence-corrected chi connectivity index (χ0v) is 15.7. The summed E-state index contributed by atoms with van der Waals surface area (Å²) in [7, 11) is 5.93. The summed E-state index contributed by atoms with van der Waals surface area (Å²) in [4.78, 5) is 18.2. The highest BCUT2D eigenvalue weighted by Crippen LogP contribution is 2.29. The molecule has 5 heteroatoms. The molecule has 0 amide bonds. The Labute approximate surface area is 163 Å². The van der Waals surface area contributed by atoms with E-state index < -0.39 is 0 Å². The first-order chi connectivity index (χ1) is 13.2. The highest BCUT2D eigenvalue weighted by molar-refractivity contribution is 7.98. The fourth-order valence-corrected chi connectivity index (χ4v) is 3.90. The van der Waals surface area contributed by atoms with Crippen LogP contribution >= 0.6 is 11.8 Å². The molecule has 0 saturated carbocycles. The van der Waals surface area contributed by atoms with Crippen LogP contribution in [0.5, 0.6) is 0 Å². The quantitative estimate of drug-likeness (QED) is 0.314. The van der Waals surface area contributed by atoms with Gasteiger partial charge in [-0.15, -0.1) is 0 Å². The molecule has 0 atom stereocenters. The Morgan fingerprint density at radius 3 is 2.07 bits per heavy atom. The van der Waals surface area contributed by atoms with Crippen molar-refractivity contribution in [3.63, 3.8) is 0 Å². The average molecular weight is 368 g/mol. The number of hydrogen-bond donors (Lipinski definition) is 0. The minimum absolute atomic E-state index is 0.0886. The number of fused-ring (bicyclic) bond motifs is 1. The topological polar surface area (TPSA) is 34.9 Å². The van der Waals surface area contributed by atoms with Crippen molar-refractivity contribution in [2.75, 3.05) is 6.26 Å². The van der Waals surface area contributed by atoms with Crippen LogP contribution in [0.25, 0.3) is 10.9 Å². The van der Waals surface area contributed by atoms with Gasteiger partial charge in [0.25, 0.3) is 5.56 Å². The van der Waals surface area contributed by atoms with Crippen LogP contribution in [0.2, 0.25) is 0 Å². The molecule has 0 aliphatic carbocycles. The molecule has 3 nitrogen and oxygen atoms in total. The van der Waals surface area contributed by atoms with Crippen molar-refractivity contribution >= 4 is 36.0 Å². The van der Waals surface area contributed by atoms with Crippen LogP contribution in [0.1, 0.15) is 17.2 Å². The van der Waals surface area contributed by atoms with Crippen LogP contribution in [-0.4, -0.2) is 23.7 Å². The Morgan fingerprint density at radius 2 is 1.52 bits per heavy atom. The molecule has 4 rings (SSSR count). The van der Waals surface area contributed by atoms with Crippen LogP contribution in [-0.2, 0) is 0 Å². The summed E-state index contributed by atoms with van der Waals surface area (Å²) in [6.07, 6.45) is 1.94. The van der Waals surface area contributed by atoms with Gasteiger partial charge in [0.1, 0.15) is 7.85 Å². The predicted octanol–water partition coefficient (Wildman–Crippen LogP) is 3.55. The molecule has 0 spiro atoms. The predicted molar refractivity (Wildman–Crippen MR) is 113 cm³/mol. The summed E-state index contributed by atoms with van der Waals surface area (Å²) in [6.45, 7) is 0. The van der Waals surface area contributed by atoms with Crippen LogP contribution in [0.4, 0.5) is 0 Å². The zero-order valence-electron chi connectivity index (χ0n) is 14.9. The Kier molecular flexibility index (Phi) is 4.86. The lowest BCUT2D eigenvalue weighted by molar-refractivity contribution is 0.578. The third-order valence-corrected chi connectivity index (χ3v) is 5.22. The van der Waals surface area contributed by atoms with Gasteiger partial charge in [0.2, 0.25) is 0 Å². The summed E-state index contributed by atoms with van der Waals surface area (Å²) in [5, 5.41) is 1.21. The van der Waals surface area contributed by atoms with E-state index in [-0.39, 0.29) is 11.6 Å². The lowest BCUT2D eigenvalue weighted by atomic mass is 9.94. The van der Waals surface area contributed by atoms with E-state index in [0.29, 0.717) is 21.5 Å². The van der Waals surface area contributed by atoms with Crippen molar-refractivity contribution in [2.24, 2.45) is 0 Å². The van der Waals surface area contributed by atoms with Crippen molar-refractivity contribution in [1.29, 1.82) is 0 Å². The fraction of sp³-hybridized carbons (Fsp3) is 0.0909. The second-order valence-electron chi connectivity index (χ2n) is 6.27. The fourth-order valence-electron chi connectivity index (χ4n) is 3.33. The van der Waals surface area contributed by atoms with Gasteiger partial charge >= 0.3 is 0 Å². The first-order valence-electron chi connectivity index (χ1n) is 8.64. The van der Waals surface area contributed by atoms with E-state index in [9.17, 15) is 4.79 Å². The maximum Gasteiger partial charge on any atom is 0.262 e. The maximum absolute atomic E-state index is 13.5. The molecule has 2 radical (unpaired) electrons. The summed E-state index contributed by atoms with van der Waals surface area (Å²) in [6, 6.07) is 25.1. The van der Waals surface area contributed by atoms with Gasteiger partial charge < -0.3 is 0 Å². The second kappa shape index (κ2) is 7.45. The first-order valence-corrected chi connectivity index (χ1v) is 9.87. The van der Waals surface area contributed by atoms with Crippen LogP contribution in [0.3, 0.4) is 0 Å². The molecule has 0 aliphatic rings. The molecular weight excluding hydrogens is 351 g/mol. The van der Waals surface area contributed by atoms with Gasteiger partial charge in [0.05, 0.1) is 16.9 Å². The lowest BCUT2D eigenvalue weighted by Gasteiger charge is -2.23. The van der Waals surface area contributed by atoms with Gasteiger partial charge in [-0.1, -0.05) is 90.0 Å². The van der Waals surface area contributed by atoms with E-state index in [1.807, 2.05) is 66.9 Å². The standard InChI is InChI=1S/C22H17BN2OS/c1-27-22-24-19-13-12-17(23)14-18(19)21(26)25(22)20(15-8-4-2-5-9-15)16-10-6-3-7-11-16/h2-14,20H,1H3. The molecule has 4 aromatic rings. The molecule has 130 valence electrons. The van der Waals surface area contributed by atoms with Gasteiger partial charge in [-0.3, -0.25) is 9.36 Å². The third-order valence-electron chi connectivity index (χ3n) is 4.56. The highest BCUT2D eigenvalue weighted by atomic mass is 32.2. The molecule has 3 aromatic carbocycles. The number of nitrogens with zero attached hydrogens (tertiary/aromatic N) is 2. The second-order valence-corrected chi connectivity index (χ2v) is 7.05. The molecule has 1 aromatic heterocycles. The highest BCUT2D eigenvalue weighted by Gasteiger charge is 2.22. The van der Waals surface area contributed by atoms with E-state index in [0.717, 1.165) is 11.1 Å². The van der Waals surface area contributed by atoms with Gasteiger partial charge in [-0.2, -0.15) is 0 Å². The van der Waals surface area contributed by atoms with Crippen LogP contribution in [0, 0.1) is 0 Å². The molecule has 1 heterocycles. The van der Waals surface area contributed by atoms with Crippen molar-refractivity contribution < 1.29 is 0 Å². The number of thioether (sulfide) groups is 1. The summed E-state index contributed by atoms with van der Waals surface area (Å²) in [5.41, 5.74) is 3.20. The Hall–Kier alpha value is -2.79. The largest absolute Gasteiger partial charge is 0.275 e. The maximum atomic E-state index is 13.5.